The maximum atomic E-state index is 12.7. The summed E-state index contributed by atoms with van der Waals surface area (Å²) >= 11 is 0. The van der Waals surface area contributed by atoms with Crippen LogP contribution in [-0.4, -0.2) is 54.7 Å². The van der Waals surface area contributed by atoms with Crippen LogP contribution >= 0.6 is 0 Å². The van der Waals surface area contributed by atoms with Crippen LogP contribution in [0.1, 0.15) is 31.4 Å². The minimum Gasteiger partial charge on any atom is -0.493 e. The number of piperidine rings is 1. The molecule has 1 saturated carbocycles. The van der Waals surface area contributed by atoms with E-state index in [0.29, 0.717) is 28.7 Å². The summed E-state index contributed by atoms with van der Waals surface area (Å²) in [6.45, 7) is 1.58. The van der Waals surface area contributed by atoms with Crippen LogP contribution in [0.5, 0.6) is 5.88 Å². The van der Waals surface area contributed by atoms with E-state index in [-0.39, 0.29) is 29.4 Å². The first-order valence-electron chi connectivity index (χ1n) is 10.0. The van der Waals surface area contributed by atoms with Gasteiger partial charge in [-0.2, -0.15) is 9.61 Å². The summed E-state index contributed by atoms with van der Waals surface area (Å²) in [7, 11) is 0. The third-order valence-electron chi connectivity index (χ3n) is 5.30. The van der Waals surface area contributed by atoms with E-state index in [4.69, 9.17) is 4.99 Å². The number of amides is 1. The van der Waals surface area contributed by atoms with Gasteiger partial charge in [-0.1, -0.05) is 0 Å². The number of hydrogen-bond donors (Lipinski definition) is 5. The van der Waals surface area contributed by atoms with E-state index in [2.05, 4.69) is 30.7 Å². The number of aromatic hydroxyl groups is 1. The molecule has 156 valence electrons. The number of fused-ring (bicyclic) bond motifs is 1. The monoisotopic (exact) mass is 410 g/mol. The Balaban J connectivity index is 1.58. The number of carbonyl (C=O) groups is 1. The molecule has 4 heterocycles. The van der Waals surface area contributed by atoms with Gasteiger partial charge in [-0.25, -0.2) is 9.78 Å². The van der Waals surface area contributed by atoms with Crippen LogP contribution in [0.25, 0.3) is 11.7 Å². The van der Waals surface area contributed by atoms with Crippen molar-refractivity contribution in [1.29, 1.82) is 0 Å². The van der Waals surface area contributed by atoms with Gasteiger partial charge in [0.05, 0.1) is 18.2 Å². The lowest BCUT2D eigenvalue weighted by molar-refractivity contribution is -0.120. The molecule has 2 aliphatic rings. The molecular formula is C19H22N8O3. The van der Waals surface area contributed by atoms with E-state index in [1.54, 1.807) is 22.9 Å². The zero-order valence-electron chi connectivity index (χ0n) is 16.2. The summed E-state index contributed by atoms with van der Waals surface area (Å²) < 4.78 is 1.60. The van der Waals surface area contributed by atoms with Gasteiger partial charge >= 0.3 is 5.69 Å². The number of carbonyl (C=O) groups excluding carboxylic acids is 1. The quantitative estimate of drug-likeness (QED) is 0.372. The maximum absolute atomic E-state index is 12.7. The minimum atomic E-state index is -0.512. The molecule has 2 fully saturated rings. The lowest BCUT2D eigenvalue weighted by Crippen LogP contribution is -2.37. The lowest BCUT2D eigenvalue weighted by atomic mass is 9.99. The summed E-state index contributed by atoms with van der Waals surface area (Å²) in [5.41, 5.74) is 0.781. The number of aromatic nitrogens is 5. The van der Waals surface area contributed by atoms with Crippen LogP contribution in [0.3, 0.4) is 0 Å². The van der Waals surface area contributed by atoms with Gasteiger partial charge in [0.2, 0.25) is 11.8 Å². The molecule has 5 rings (SSSR count). The van der Waals surface area contributed by atoms with E-state index in [1.165, 1.54) is 0 Å². The van der Waals surface area contributed by atoms with Crippen molar-refractivity contribution in [2.24, 2.45) is 10.9 Å². The van der Waals surface area contributed by atoms with Gasteiger partial charge in [-0.05, 0) is 38.3 Å². The first-order chi connectivity index (χ1) is 14.6. The molecule has 1 amide bonds. The summed E-state index contributed by atoms with van der Waals surface area (Å²) in [6, 6.07) is 1.98. The molecule has 11 nitrogen and oxygen atoms in total. The average molecular weight is 410 g/mol. The standard InChI is InChI=1S/C19H22N8O3/c28-17(10-2-1-5-20-8-10)25-14-7-15(22-12-3-4-12)27-16(24-14)11(9-21-27)6-13-18(29)26-19(30)23-13/h6-7,9-10,12,20,29H,1-5,8H2,(H,25,28)(H2,23,26,30). The van der Waals surface area contributed by atoms with E-state index in [1.807, 2.05) is 0 Å². The fourth-order valence-corrected chi connectivity index (χ4v) is 3.56. The summed E-state index contributed by atoms with van der Waals surface area (Å²) in [4.78, 5) is 38.1. The Labute approximate surface area is 170 Å². The maximum Gasteiger partial charge on any atom is 0.326 e. The van der Waals surface area contributed by atoms with Crippen LogP contribution in [0.4, 0.5) is 5.82 Å². The number of nitrogens with one attached hydrogen (secondary N) is 4. The van der Waals surface area contributed by atoms with Crippen molar-refractivity contribution in [3.63, 3.8) is 0 Å². The lowest BCUT2D eigenvalue weighted by Gasteiger charge is -2.21. The van der Waals surface area contributed by atoms with E-state index >= 15 is 0 Å². The van der Waals surface area contributed by atoms with Gasteiger partial charge in [0.15, 0.2) is 11.1 Å². The highest BCUT2D eigenvalue weighted by atomic mass is 16.3. The Morgan fingerprint density at radius 3 is 2.90 bits per heavy atom. The van der Waals surface area contributed by atoms with Crippen molar-refractivity contribution in [2.75, 3.05) is 18.4 Å². The Morgan fingerprint density at radius 1 is 1.33 bits per heavy atom. The SMILES string of the molecule is O=C(Nc1cc(=NC2CC2)n2ncc(=Cc3[nH]c(=O)[nH]c3O)c2n1)C1CCCNC1. The zero-order valence-corrected chi connectivity index (χ0v) is 16.2. The zero-order chi connectivity index (χ0) is 20.7. The largest absolute Gasteiger partial charge is 0.493 e. The highest BCUT2D eigenvalue weighted by Gasteiger charge is 2.23. The second kappa shape index (κ2) is 7.41. The highest BCUT2D eigenvalue weighted by Crippen LogP contribution is 2.22. The van der Waals surface area contributed by atoms with Crippen LogP contribution in [0, 0.1) is 5.92 Å². The molecular weight excluding hydrogens is 388 g/mol. The average Bonchev–Trinajstić information content (AvgIpc) is 3.37. The molecule has 1 unspecified atom stereocenters. The minimum absolute atomic E-state index is 0.0749. The molecule has 1 aliphatic carbocycles. The van der Waals surface area contributed by atoms with Gasteiger partial charge in [-0.15, -0.1) is 0 Å². The molecule has 1 aliphatic heterocycles. The molecule has 1 atom stereocenters. The Hall–Kier alpha value is -3.47. The topological polar surface area (TPSA) is 153 Å². The molecule has 0 aromatic carbocycles. The van der Waals surface area contributed by atoms with Crippen LogP contribution in [0.15, 0.2) is 22.1 Å². The summed E-state index contributed by atoms with van der Waals surface area (Å²) in [6.07, 6.45) is 7.00. The van der Waals surface area contributed by atoms with E-state index < -0.39 is 5.69 Å². The Kier molecular flexibility index (Phi) is 4.58. The van der Waals surface area contributed by atoms with Crippen molar-refractivity contribution in [1.82, 2.24) is 29.9 Å². The normalized spacial score (nSPS) is 20.7. The third kappa shape index (κ3) is 3.71. The van der Waals surface area contributed by atoms with Crippen LogP contribution in [-0.2, 0) is 4.79 Å². The number of hydrogen-bond acceptors (Lipinski definition) is 7. The van der Waals surface area contributed by atoms with Gasteiger partial charge in [0, 0.05) is 17.8 Å². The molecule has 30 heavy (non-hydrogen) atoms. The Bertz CT molecular complexity index is 1280. The van der Waals surface area contributed by atoms with Crippen molar-refractivity contribution < 1.29 is 9.90 Å². The fourth-order valence-electron chi connectivity index (χ4n) is 3.56. The van der Waals surface area contributed by atoms with Crippen molar-refractivity contribution in [3.05, 3.63) is 39.1 Å². The number of rotatable bonds is 4. The summed E-state index contributed by atoms with van der Waals surface area (Å²) in [5, 5.41) is 20.9. The number of anilines is 1. The number of aromatic amines is 2. The molecule has 3 aromatic heterocycles. The fraction of sp³-hybridized carbons (Fsp3) is 0.421. The highest BCUT2D eigenvalue weighted by molar-refractivity contribution is 5.92. The number of imidazole rings is 1. The first kappa shape index (κ1) is 18.6. The molecule has 0 spiro atoms. The summed E-state index contributed by atoms with van der Waals surface area (Å²) in [5.74, 6) is -0.0385. The van der Waals surface area contributed by atoms with Gasteiger partial charge in [0.25, 0.3) is 0 Å². The smallest absolute Gasteiger partial charge is 0.326 e. The van der Waals surface area contributed by atoms with Crippen molar-refractivity contribution in [2.45, 2.75) is 31.7 Å². The predicted molar refractivity (Wildman–Crippen MR) is 108 cm³/mol. The van der Waals surface area contributed by atoms with Gasteiger partial charge in [0.1, 0.15) is 11.5 Å². The molecule has 3 aromatic rings. The molecule has 5 N–H and O–H groups in total. The van der Waals surface area contributed by atoms with Gasteiger partial charge < -0.3 is 20.7 Å². The van der Waals surface area contributed by atoms with Crippen LogP contribution < -0.4 is 27.0 Å². The van der Waals surface area contributed by atoms with Crippen molar-refractivity contribution >= 4 is 23.4 Å². The second-order valence-electron chi connectivity index (χ2n) is 7.71. The second-order valence-corrected chi connectivity index (χ2v) is 7.71. The van der Waals surface area contributed by atoms with E-state index in [9.17, 15) is 14.7 Å². The number of H-pyrrole nitrogens is 2. The molecule has 11 heteroatoms. The van der Waals surface area contributed by atoms with E-state index in [0.717, 1.165) is 32.2 Å². The molecule has 0 radical (unpaired) electrons. The third-order valence-corrected chi connectivity index (χ3v) is 5.30. The molecule has 1 saturated heterocycles. The van der Waals surface area contributed by atoms with Crippen molar-refractivity contribution in [3.8, 4) is 5.88 Å². The van der Waals surface area contributed by atoms with Crippen LogP contribution in [0.2, 0.25) is 0 Å². The number of nitrogens with zero attached hydrogens (tertiary/aromatic N) is 4. The van der Waals surface area contributed by atoms with Gasteiger partial charge in [-0.3, -0.25) is 14.8 Å². The Morgan fingerprint density at radius 2 is 2.20 bits per heavy atom. The first-order valence-corrected chi connectivity index (χ1v) is 10.0. The molecule has 0 bridgehead atoms. The predicted octanol–water partition coefficient (Wildman–Crippen LogP) is -1.000.